The van der Waals surface area contributed by atoms with Crippen LogP contribution in [0.2, 0.25) is 0 Å². The maximum absolute atomic E-state index is 14.2. The molecule has 0 aromatic heterocycles. The first-order valence-electron chi connectivity index (χ1n) is 13.6. The predicted molar refractivity (Wildman–Crippen MR) is 156 cm³/mol. The first kappa shape index (κ1) is 29.7. The van der Waals surface area contributed by atoms with Gasteiger partial charge < -0.3 is 20.3 Å². The van der Waals surface area contributed by atoms with Gasteiger partial charge in [0.05, 0.1) is 0 Å². The zero-order chi connectivity index (χ0) is 28.7. The van der Waals surface area contributed by atoms with Crippen molar-refractivity contribution in [2.24, 2.45) is 5.92 Å². The Morgan fingerprint density at radius 3 is 2.08 bits per heavy atom. The molecular weight excluding hydrogens is 490 g/mol. The number of amides is 3. The SMILES string of the molecule is CCC(C)C(NC(=O)OC(C)(C)C)C(=O)N(C(C)C)C(C(=O)Nc1ccc2ccccc2c1)c1ccccc1. The lowest BCUT2D eigenvalue weighted by Gasteiger charge is -2.38. The van der Waals surface area contributed by atoms with Crippen LogP contribution in [-0.4, -0.2) is 40.5 Å². The van der Waals surface area contributed by atoms with E-state index in [0.29, 0.717) is 17.7 Å². The van der Waals surface area contributed by atoms with Gasteiger partial charge in [-0.3, -0.25) is 9.59 Å². The molecule has 208 valence electrons. The maximum atomic E-state index is 14.2. The van der Waals surface area contributed by atoms with Crippen LogP contribution >= 0.6 is 0 Å². The normalized spacial score (nSPS) is 13.8. The highest BCUT2D eigenvalue weighted by Gasteiger charge is 2.39. The van der Waals surface area contributed by atoms with Crippen LogP contribution in [0.5, 0.6) is 0 Å². The van der Waals surface area contributed by atoms with Crippen LogP contribution in [-0.2, 0) is 14.3 Å². The third-order valence-corrected chi connectivity index (χ3v) is 6.62. The number of anilines is 1. The molecule has 3 amide bonds. The molecule has 0 radical (unpaired) electrons. The molecule has 3 unspecified atom stereocenters. The molecule has 7 heteroatoms. The monoisotopic (exact) mass is 531 g/mol. The number of nitrogens with one attached hydrogen (secondary N) is 2. The van der Waals surface area contributed by atoms with Gasteiger partial charge in [0.25, 0.3) is 5.91 Å². The number of ether oxygens (including phenoxy) is 1. The molecule has 3 aromatic carbocycles. The fourth-order valence-corrected chi connectivity index (χ4v) is 4.51. The number of hydrogen-bond acceptors (Lipinski definition) is 4. The maximum Gasteiger partial charge on any atom is 0.408 e. The minimum absolute atomic E-state index is 0.189. The summed E-state index contributed by atoms with van der Waals surface area (Å²) in [6.07, 6.45) is -0.0148. The molecule has 0 heterocycles. The van der Waals surface area contributed by atoms with E-state index in [1.807, 2.05) is 100 Å². The lowest BCUT2D eigenvalue weighted by Crippen LogP contribution is -2.56. The summed E-state index contributed by atoms with van der Waals surface area (Å²) in [6.45, 7) is 12.9. The Kier molecular flexibility index (Phi) is 9.73. The van der Waals surface area contributed by atoms with E-state index in [1.165, 1.54) is 0 Å². The average molecular weight is 532 g/mol. The van der Waals surface area contributed by atoms with Gasteiger partial charge in [-0.1, -0.05) is 80.9 Å². The molecule has 0 spiro atoms. The van der Waals surface area contributed by atoms with Gasteiger partial charge in [-0.15, -0.1) is 0 Å². The summed E-state index contributed by atoms with van der Waals surface area (Å²) in [5.41, 5.74) is 0.608. The predicted octanol–water partition coefficient (Wildman–Crippen LogP) is 6.70. The largest absolute Gasteiger partial charge is 0.444 e. The van der Waals surface area contributed by atoms with E-state index < -0.39 is 23.8 Å². The van der Waals surface area contributed by atoms with E-state index in [2.05, 4.69) is 10.6 Å². The Balaban J connectivity index is 1.99. The molecule has 2 N–H and O–H groups in total. The number of benzene rings is 3. The van der Waals surface area contributed by atoms with Crippen molar-refractivity contribution in [1.29, 1.82) is 0 Å². The van der Waals surface area contributed by atoms with E-state index >= 15 is 0 Å². The molecular formula is C32H41N3O4. The van der Waals surface area contributed by atoms with Gasteiger partial charge in [-0.2, -0.15) is 0 Å². The third-order valence-electron chi connectivity index (χ3n) is 6.62. The van der Waals surface area contributed by atoms with Gasteiger partial charge in [0.1, 0.15) is 17.7 Å². The first-order valence-corrected chi connectivity index (χ1v) is 13.6. The molecule has 7 nitrogen and oxygen atoms in total. The van der Waals surface area contributed by atoms with Crippen LogP contribution in [0.25, 0.3) is 10.8 Å². The zero-order valence-corrected chi connectivity index (χ0v) is 24.0. The van der Waals surface area contributed by atoms with E-state index in [1.54, 1.807) is 25.7 Å². The minimum atomic E-state index is -0.919. The number of rotatable bonds is 9. The van der Waals surface area contributed by atoms with Crippen LogP contribution in [0.1, 0.15) is 66.5 Å². The Morgan fingerprint density at radius 2 is 1.49 bits per heavy atom. The summed E-state index contributed by atoms with van der Waals surface area (Å²) >= 11 is 0. The molecule has 0 aliphatic carbocycles. The molecule has 0 aliphatic rings. The molecule has 3 rings (SSSR count). The summed E-state index contributed by atoms with van der Waals surface area (Å²) in [4.78, 5) is 42.5. The summed E-state index contributed by atoms with van der Waals surface area (Å²) < 4.78 is 5.46. The Hall–Kier alpha value is -3.87. The second-order valence-electron chi connectivity index (χ2n) is 11.2. The minimum Gasteiger partial charge on any atom is -0.444 e. The van der Waals surface area contributed by atoms with Crippen LogP contribution in [0, 0.1) is 5.92 Å². The second-order valence-corrected chi connectivity index (χ2v) is 11.2. The molecule has 0 bridgehead atoms. The standard InChI is InChI=1S/C32H41N3O4/c1-8-22(4)27(34-31(38)39-32(5,6)7)30(37)35(21(2)3)28(24-15-10-9-11-16-24)29(36)33-26-19-18-23-14-12-13-17-25(23)20-26/h9-22,27-28H,8H2,1-7H3,(H,33,36)(H,34,38). The van der Waals surface area contributed by atoms with E-state index in [9.17, 15) is 14.4 Å². The highest BCUT2D eigenvalue weighted by atomic mass is 16.6. The number of fused-ring (bicyclic) bond motifs is 1. The zero-order valence-electron chi connectivity index (χ0n) is 24.0. The average Bonchev–Trinajstić information content (AvgIpc) is 2.88. The lowest BCUT2D eigenvalue weighted by atomic mass is 9.95. The van der Waals surface area contributed by atoms with Crippen molar-refractivity contribution in [2.75, 3.05) is 5.32 Å². The van der Waals surface area contributed by atoms with Crippen LogP contribution in [0.15, 0.2) is 72.8 Å². The van der Waals surface area contributed by atoms with Gasteiger partial charge in [0, 0.05) is 11.7 Å². The van der Waals surface area contributed by atoms with Gasteiger partial charge in [0.2, 0.25) is 5.91 Å². The summed E-state index contributed by atoms with van der Waals surface area (Å²) in [7, 11) is 0. The van der Waals surface area contributed by atoms with Gasteiger partial charge >= 0.3 is 6.09 Å². The quantitative estimate of drug-likeness (QED) is 0.322. The molecule has 0 saturated carbocycles. The van der Waals surface area contributed by atoms with Crippen molar-refractivity contribution >= 4 is 34.4 Å². The summed E-state index contributed by atoms with van der Waals surface area (Å²) in [5, 5.41) is 7.89. The Labute approximate surface area is 231 Å². The van der Waals surface area contributed by atoms with E-state index in [-0.39, 0.29) is 23.8 Å². The van der Waals surface area contributed by atoms with Gasteiger partial charge in [-0.05, 0) is 69.0 Å². The van der Waals surface area contributed by atoms with E-state index in [0.717, 1.165) is 10.8 Å². The molecule has 39 heavy (non-hydrogen) atoms. The van der Waals surface area contributed by atoms with Crippen molar-refractivity contribution in [3.63, 3.8) is 0 Å². The molecule has 3 atom stereocenters. The van der Waals surface area contributed by atoms with Crippen LogP contribution in [0.4, 0.5) is 10.5 Å². The lowest BCUT2D eigenvalue weighted by molar-refractivity contribution is -0.144. The van der Waals surface area contributed by atoms with Crippen molar-refractivity contribution in [1.82, 2.24) is 10.2 Å². The van der Waals surface area contributed by atoms with Crippen molar-refractivity contribution in [3.05, 3.63) is 78.4 Å². The highest BCUT2D eigenvalue weighted by molar-refractivity contribution is 6.00. The first-order chi connectivity index (χ1) is 18.4. The Morgan fingerprint density at radius 1 is 0.872 bits per heavy atom. The van der Waals surface area contributed by atoms with Gasteiger partial charge in [-0.25, -0.2) is 4.79 Å². The highest BCUT2D eigenvalue weighted by Crippen LogP contribution is 2.28. The number of carbonyl (C=O) groups is 3. The number of hydrogen-bond donors (Lipinski definition) is 2. The smallest absolute Gasteiger partial charge is 0.408 e. The van der Waals surface area contributed by atoms with E-state index in [4.69, 9.17) is 4.74 Å². The number of alkyl carbamates (subject to hydrolysis) is 1. The topological polar surface area (TPSA) is 87.7 Å². The van der Waals surface area contributed by atoms with Crippen molar-refractivity contribution < 1.29 is 19.1 Å². The Bertz CT molecular complexity index is 1280. The van der Waals surface area contributed by atoms with Crippen LogP contribution < -0.4 is 10.6 Å². The molecule has 0 fully saturated rings. The fourth-order valence-electron chi connectivity index (χ4n) is 4.51. The summed E-state index contributed by atoms with van der Waals surface area (Å²) in [6, 6.07) is 20.8. The fraction of sp³-hybridized carbons (Fsp3) is 0.406. The third kappa shape index (κ3) is 7.82. The number of carbonyl (C=O) groups excluding carboxylic acids is 3. The van der Waals surface area contributed by atoms with Gasteiger partial charge in [0.15, 0.2) is 0 Å². The summed E-state index contributed by atoms with van der Waals surface area (Å²) in [5.74, 6) is -0.863. The second kappa shape index (κ2) is 12.8. The molecule has 0 aliphatic heterocycles. The molecule has 3 aromatic rings. The number of nitrogens with zero attached hydrogens (tertiary/aromatic N) is 1. The van der Waals surface area contributed by atoms with Crippen molar-refractivity contribution in [2.45, 2.75) is 78.6 Å². The van der Waals surface area contributed by atoms with Crippen LogP contribution in [0.3, 0.4) is 0 Å². The van der Waals surface area contributed by atoms with Crippen molar-refractivity contribution in [3.8, 4) is 0 Å². The molecule has 0 saturated heterocycles.